The van der Waals surface area contributed by atoms with E-state index in [1.165, 1.54) is 18.2 Å². The van der Waals surface area contributed by atoms with Crippen molar-refractivity contribution in [1.82, 2.24) is 0 Å². The Kier molecular flexibility index (Phi) is 7.56. The van der Waals surface area contributed by atoms with E-state index in [9.17, 15) is 14.0 Å². The standard InChI is InChI=1S/C18H25FN2O2S/c1-2-10-24-12-17(22)20-14-8-9-15(19)16(11-14)21-18(23)13-6-4-3-5-7-13/h8-9,11,13H,2-7,10,12H2,1H3,(H,20,22)(H,21,23). The molecule has 1 aromatic rings. The zero-order valence-electron chi connectivity index (χ0n) is 14.1. The van der Waals surface area contributed by atoms with Crippen molar-refractivity contribution in [1.29, 1.82) is 0 Å². The lowest BCUT2D eigenvalue weighted by molar-refractivity contribution is -0.120. The summed E-state index contributed by atoms with van der Waals surface area (Å²) in [5, 5.41) is 5.42. The highest BCUT2D eigenvalue weighted by molar-refractivity contribution is 7.99. The van der Waals surface area contributed by atoms with Crippen LogP contribution in [0.3, 0.4) is 0 Å². The number of hydrogen-bond donors (Lipinski definition) is 2. The van der Waals surface area contributed by atoms with Crippen LogP contribution in [0.5, 0.6) is 0 Å². The smallest absolute Gasteiger partial charge is 0.234 e. The lowest BCUT2D eigenvalue weighted by atomic mass is 9.88. The first-order valence-electron chi connectivity index (χ1n) is 8.58. The normalized spacial score (nSPS) is 15.1. The molecule has 24 heavy (non-hydrogen) atoms. The van der Waals surface area contributed by atoms with Crippen molar-refractivity contribution >= 4 is 35.0 Å². The highest BCUT2D eigenvalue weighted by Gasteiger charge is 2.22. The third kappa shape index (κ3) is 5.82. The molecule has 1 aromatic carbocycles. The van der Waals surface area contributed by atoms with Crippen LogP contribution < -0.4 is 10.6 Å². The average Bonchev–Trinajstić information content (AvgIpc) is 2.59. The van der Waals surface area contributed by atoms with Crippen molar-refractivity contribution in [2.24, 2.45) is 5.92 Å². The third-order valence-corrected chi connectivity index (χ3v) is 5.23. The number of nitrogens with one attached hydrogen (secondary N) is 2. The SMILES string of the molecule is CCCSCC(=O)Nc1ccc(F)c(NC(=O)C2CCCCC2)c1. The minimum absolute atomic E-state index is 0.0400. The molecule has 6 heteroatoms. The number of amides is 2. The molecular weight excluding hydrogens is 327 g/mol. The van der Waals surface area contributed by atoms with Crippen LogP contribution in [0.1, 0.15) is 45.4 Å². The van der Waals surface area contributed by atoms with Gasteiger partial charge in [0.25, 0.3) is 0 Å². The zero-order chi connectivity index (χ0) is 17.4. The van der Waals surface area contributed by atoms with E-state index < -0.39 is 5.82 Å². The summed E-state index contributed by atoms with van der Waals surface area (Å²) in [6.07, 6.45) is 6.00. The van der Waals surface area contributed by atoms with Gasteiger partial charge in [-0.05, 0) is 43.2 Å². The highest BCUT2D eigenvalue weighted by Crippen LogP contribution is 2.26. The number of benzene rings is 1. The fraction of sp³-hybridized carbons (Fsp3) is 0.556. The molecule has 0 atom stereocenters. The van der Waals surface area contributed by atoms with Gasteiger partial charge in [0, 0.05) is 11.6 Å². The van der Waals surface area contributed by atoms with Crippen molar-refractivity contribution in [3.05, 3.63) is 24.0 Å². The van der Waals surface area contributed by atoms with Gasteiger partial charge in [0.2, 0.25) is 11.8 Å². The molecule has 0 unspecified atom stereocenters. The molecule has 2 amide bonds. The highest BCUT2D eigenvalue weighted by atomic mass is 32.2. The summed E-state index contributed by atoms with van der Waals surface area (Å²) in [5.74, 6) is 0.522. The van der Waals surface area contributed by atoms with Crippen LogP contribution in [0.15, 0.2) is 18.2 Å². The van der Waals surface area contributed by atoms with Crippen molar-refractivity contribution < 1.29 is 14.0 Å². The van der Waals surface area contributed by atoms with Crippen LogP contribution in [-0.2, 0) is 9.59 Å². The van der Waals surface area contributed by atoms with Crippen molar-refractivity contribution in [3.8, 4) is 0 Å². The van der Waals surface area contributed by atoms with Gasteiger partial charge in [0.15, 0.2) is 0 Å². The topological polar surface area (TPSA) is 58.2 Å². The summed E-state index contributed by atoms with van der Waals surface area (Å²) in [6, 6.07) is 4.26. The largest absolute Gasteiger partial charge is 0.325 e. The molecule has 0 aromatic heterocycles. The molecule has 1 aliphatic rings. The molecule has 0 spiro atoms. The number of carbonyl (C=O) groups excluding carboxylic acids is 2. The molecule has 0 aliphatic heterocycles. The average molecular weight is 352 g/mol. The number of halogens is 1. The van der Waals surface area contributed by atoms with Gasteiger partial charge in [-0.25, -0.2) is 4.39 Å². The van der Waals surface area contributed by atoms with Gasteiger partial charge in [0.1, 0.15) is 5.82 Å². The second-order valence-corrected chi connectivity index (χ2v) is 7.22. The van der Waals surface area contributed by atoms with Crippen LogP contribution >= 0.6 is 11.8 Å². The van der Waals surface area contributed by atoms with Crippen LogP contribution in [0.4, 0.5) is 15.8 Å². The van der Waals surface area contributed by atoms with Gasteiger partial charge in [-0.1, -0.05) is 26.2 Å². The van der Waals surface area contributed by atoms with E-state index in [-0.39, 0.29) is 23.4 Å². The number of anilines is 2. The van der Waals surface area contributed by atoms with E-state index in [1.807, 2.05) is 0 Å². The Hall–Kier alpha value is -1.56. The Morgan fingerprint density at radius 2 is 1.96 bits per heavy atom. The monoisotopic (exact) mass is 352 g/mol. The van der Waals surface area contributed by atoms with Crippen LogP contribution in [0.2, 0.25) is 0 Å². The lowest BCUT2D eigenvalue weighted by Gasteiger charge is -2.21. The van der Waals surface area contributed by atoms with Crippen LogP contribution in [0, 0.1) is 11.7 Å². The maximum absolute atomic E-state index is 14.0. The quantitative estimate of drug-likeness (QED) is 0.714. The zero-order valence-corrected chi connectivity index (χ0v) is 14.9. The second-order valence-electron chi connectivity index (χ2n) is 6.12. The molecule has 0 radical (unpaired) electrons. The summed E-state index contributed by atoms with van der Waals surface area (Å²) in [6.45, 7) is 2.06. The van der Waals surface area contributed by atoms with Crippen molar-refractivity contribution in [3.63, 3.8) is 0 Å². The molecule has 2 rings (SSSR count). The Morgan fingerprint density at radius 3 is 2.67 bits per heavy atom. The van der Waals surface area contributed by atoms with Gasteiger partial charge in [-0.3, -0.25) is 9.59 Å². The first-order chi connectivity index (χ1) is 11.6. The van der Waals surface area contributed by atoms with Gasteiger partial charge >= 0.3 is 0 Å². The van der Waals surface area contributed by atoms with Crippen molar-refractivity contribution in [2.45, 2.75) is 45.4 Å². The van der Waals surface area contributed by atoms with Gasteiger partial charge in [-0.2, -0.15) is 11.8 Å². The molecule has 2 N–H and O–H groups in total. The summed E-state index contributed by atoms with van der Waals surface area (Å²) < 4.78 is 14.0. The number of thioether (sulfide) groups is 1. The fourth-order valence-electron chi connectivity index (χ4n) is 2.80. The summed E-state index contributed by atoms with van der Waals surface area (Å²) in [7, 11) is 0. The Labute approximate surface area is 147 Å². The second kappa shape index (κ2) is 9.67. The predicted molar refractivity (Wildman–Crippen MR) is 97.9 cm³/mol. The van der Waals surface area contributed by atoms with E-state index in [4.69, 9.17) is 0 Å². The molecule has 0 heterocycles. The molecule has 1 saturated carbocycles. The number of carbonyl (C=O) groups is 2. The van der Waals surface area contributed by atoms with E-state index >= 15 is 0 Å². The van der Waals surface area contributed by atoms with Crippen LogP contribution in [0.25, 0.3) is 0 Å². The predicted octanol–water partition coefficient (Wildman–Crippen LogP) is 4.43. The summed E-state index contributed by atoms with van der Waals surface area (Å²) in [5.41, 5.74) is 0.627. The van der Waals surface area contributed by atoms with Gasteiger partial charge in [-0.15, -0.1) is 0 Å². The Bertz CT molecular complexity index is 574. The lowest BCUT2D eigenvalue weighted by Crippen LogP contribution is -2.25. The van der Waals surface area contributed by atoms with E-state index in [0.717, 1.165) is 44.3 Å². The first kappa shape index (κ1) is 18.8. The molecule has 0 bridgehead atoms. The van der Waals surface area contributed by atoms with Crippen LogP contribution in [-0.4, -0.2) is 23.3 Å². The maximum Gasteiger partial charge on any atom is 0.234 e. The molecule has 4 nitrogen and oxygen atoms in total. The van der Waals surface area contributed by atoms with E-state index in [2.05, 4.69) is 17.6 Å². The molecule has 0 saturated heterocycles. The minimum Gasteiger partial charge on any atom is -0.325 e. The summed E-state index contributed by atoms with van der Waals surface area (Å²) >= 11 is 1.56. The van der Waals surface area contributed by atoms with Gasteiger partial charge in [0.05, 0.1) is 11.4 Å². The molecule has 132 valence electrons. The van der Waals surface area contributed by atoms with Crippen molar-refractivity contribution in [2.75, 3.05) is 22.1 Å². The third-order valence-electron chi connectivity index (χ3n) is 4.07. The fourth-order valence-corrected chi connectivity index (χ4v) is 3.50. The van der Waals surface area contributed by atoms with E-state index in [0.29, 0.717) is 11.4 Å². The molecule has 1 aliphatic carbocycles. The Morgan fingerprint density at radius 1 is 1.21 bits per heavy atom. The van der Waals surface area contributed by atoms with E-state index in [1.54, 1.807) is 11.8 Å². The summed E-state index contributed by atoms with van der Waals surface area (Å²) in [4.78, 5) is 24.1. The molecule has 1 fully saturated rings. The first-order valence-corrected chi connectivity index (χ1v) is 9.73. The number of rotatable bonds is 7. The number of hydrogen-bond acceptors (Lipinski definition) is 3. The Balaban J connectivity index is 1.94. The maximum atomic E-state index is 14.0. The molecular formula is C18H25FN2O2S. The van der Waals surface area contributed by atoms with Gasteiger partial charge < -0.3 is 10.6 Å². The minimum atomic E-state index is -0.488.